The molecule has 0 radical (unpaired) electrons. The number of fused-ring (bicyclic) bond motifs is 1. The lowest BCUT2D eigenvalue weighted by molar-refractivity contribution is 0.268. The lowest BCUT2D eigenvalue weighted by atomic mass is 10.2. The molecule has 4 rings (SSSR count). The van der Waals surface area contributed by atoms with Crippen LogP contribution in [0.25, 0.3) is 15.5 Å². The van der Waals surface area contributed by atoms with Gasteiger partial charge in [0.05, 0.1) is 11.6 Å². The Balaban J connectivity index is 1.63. The number of benzene rings is 1. The molecule has 0 bridgehead atoms. The highest BCUT2D eigenvalue weighted by Crippen LogP contribution is 2.33. The first-order chi connectivity index (χ1) is 11.7. The number of halogens is 2. The van der Waals surface area contributed by atoms with E-state index >= 15 is 0 Å². The fourth-order valence-corrected chi connectivity index (χ4v) is 4.47. The van der Waals surface area contributed by atoms with E-state index < -0.39 is 0 Å². The van der Waals surface area contributed by atoms with E-state index in [1.165, 1.54) is 37.0 Å². The van der Waals surface area contributed by atoms with Gasteiger partial charge in [-0.2, -0.15) is 9.61 Å². The van der Waals surface area contributed by atoms with Gasteiger partial charge < -0.3 is 0 Å². The third-order valence-corrected chi connectivity index (χ3v) is 5.76. The van der Waals surface area contributed by atoms with Gasteiger partial charge in [0.25, 0.3) is 0 Å². The zero-order chi connectivity index (χ0) is 16.5. The second-order valence-electron chi connectivity index (χ2n) is 6.03. The average Bonchev–Trinajstić information content (AvgIpc) is 3.01. The quantitative estimate of drug-likeness (QED) is 0.668. The van der Waals surface area contributed by atoms with Crippen LogP contribution < -0.4 is 0 Å². The van der Waals surface area contributed by atoms with Gasteiger partial charge in [-0.05, 0) is 44.1 Å². The molecule has 1 aromatic carbocycles. The smallest absolute Gasteiger partial charge is 0.235 e. The summed E-state index contributed by atoms with van der Waals surface area (Å²) in [5, 5.41) is 15.3. The lowest BCUT2D eigenvalue weighted by Gasteiger charge is -2.17. The fourth-order valence-electron chi connectivity index (χ4n) is 3.02. The molecule has 0 amide bonds. The highest BCUT2D eigenvalue weighted by atomic mass is 35.5. The van der Waals surface area contributed by atoms with Crippen molar-refractivity contribution in [3.05, 3.63) is 34.1 Å². The zero-order valence-corrected chi connectivity index (χ0v) is 15.4. The molecule has 1 aliphatic rings. The van der Waals surface area contributed by atoms with Crippen LogP contribution in [0, 0.1) is 0 Å². The Labute approximate surface area is 154 Å². The molecule has 3 heterocycles. The van der Waals surface area contributed by atoms with Crippen LogP contribution in [0.3, 0.4) is 0 Å². The standard InChI is InChI=1S/C16H17Cl2N5S/c17-11-5-6-12(13(18)9-11)15-21-23-14(19-20-16(23)24-15)10-22-7-3-1-2-4-8-22/h5-6,9H,1-4,7-8,10H2. The average molecular weight is 382 g/mol. The minimum atomic E-state index is 0.599. The molecule has 1 saturated heterocycles. The van der Waals surface area contributed by atoms with Gasteiger partial charge in [-0.25, -0.2) is 0 Å². The van der Waals surface area contributed by atoms with Crippen molar-refractivity contribution >= 4 is 39.5 Å². The van der Waals surface area contributed by atoms with E-state index in [1.807, 2.05) is 16.6 Å². The lowest BCUT2D eigenvalue weighted by Crippen LogP contribution is -2.25. The zero-order valence-electron chi connectivity index (χ0n) is 13.1. The van der Waals surface area contributed by atoms with Gasteiger partial charge in [-0.15, -0.1) is 10.2 Å². The topological polar surface area (TPSA) is 46.3 Å². The van der Waals surface area contributed by atoms with Gasteiger partial charge in [-0.3, -0.25) is 4.90 Å². The SMILES string of the molecule is Clc1ccc(-c2nn3c(CN4CCCCCC4)nnc3s2)c(Cl)c1. The maximum atomic E-state index is 6.30. The van der Waals surface area contributed by atoms with Gasteiger partial charge in [0.15, 0.2) is 5.82 Å². The normalized spacial score (nSPS) is 16.6. The number of rotatable bonds is 3. The molecular formula is C16H17Cl2N5S. The fraction of sp³-hybridized carbons (Fsp3) is 0.438. The monoisotopic (exact) mass is 381 g/mol. The highest BCUT2D eigenvalue weighted by Gasteiger charge is 2.18. The van der Waals surface area contributed by atoms with Gasteiger partial charge in [0.2, 0.25) is 4.96 Å². The summed E-state index contributed by atoms with van der Waals surface area (Å²) in [4.78, 5) is 3.23. The second kappa shape index (κ2) is 6.96. The summed E-state index contributed by atoms with van der Waals surface area (Å²) in [5.41, 5.74) is 0.872. The summed E-state index contributed by atoms with van der Waals surface area (Å²) in [6.45, 7) is 3.03. The molecule has 0 spiro atoms. The van der Waals surface area contributed by atoms with E-state index in [9.17, 15) is 0 Å². The van der Waals surface area contributed by atoms with Gasteiger partial charge in [-0.1, -0.05) is 47.4 Å². The minimum Gasteiger partial charge on any atom is -0.296 e. The number of hydrogen-bond acceptors (Lipinski definition) is 5. The van der Waals surface area contributed by atoms with E-state index in [2.05, 4.69) is 20.2 Å². The number of nitrogens with zero attached hydrogens (tertiary/aromatic N) is 5. The molecular weight excluding hydrogens is 365 g/mol. The van der Waals surface area contributed by atoms with Crippen LogP contribution in [0.15, 0.2) is 18.2 Å². The van der Waals surface area contributed by atoms with Crippen molar-refractivity contribution in [2.24, 2.45) is 0 Å². The summed E-state index contributed by atoms with van der Waals surface area (Å²) in [5.74, 6) is 0.888. The van der Waals surface area contributed by atoms with Crippen molar-refractivity contribution in [2.75, 3.05) is 13.1 Å². The van der Waals surface area contributed by atoms with Crippen LogP contribution in [0.1, 0.15) is 31.5 Å². The predicted octanol–water partition coefficient (Wildman–Crippen LogP) is 4.54. The van der Waals surface area contributed by atoms with E-state index in [1.54, 1.807) is 6.07 Å². The second-order valence-corrected chi connectivity index (χ2v) is 7.83. The summed E-state index contributed by atoms with van der Waals surface area (Å²) < 4.78 is 1.84. The summed E-state index contributed by atoms with van der Waals surface area (Å²) in [7, 11) is 0. The van der Waals surface area contributed by atoms with Crippen LogP contribution >= 0.6 is 34.5 Å². The first-order valence-electron chi connectivity index (χ1n) is 8.09. The maximum Gasteiger partial charge on any atom is 0.235 e. The summed E-state index contributed by atoms with van der Waals surface area (Å²) >= 11 is 13.8. The Morgan fingerprint density at radius 3 is 2.58 bits per heavy atom. The van der Waals surface area contributed by atoms with Gasteiger partial charge >= 0.3 is 0 Å². The molecule has 0 N–H and O–H groups in total. The number of hydrogen-bond donors (Lipinski definition) is 0. The Morgan fingerprint density at radius 1 is 1.04 bits per heavy atom. The van der Waals surface area contributed by atoms with E-state index in [0.717, 1.165) is 41.0 Å². The third-order valence-electron chi connectivity index (χ3n) is 4.28. The van der Waals surface area contributed by atoms with Crippen LogP contribution in [-0.4, -0.2) is 37.8 Å². The van der Waals surface area contributed by atoms with Crippen LogP contribution in [0.4, 0.5) is 0 Å². The number of aromatic nitrogens is 4. The van der Waals surface area contributed by atoms with E-state index in [4.69, 9.17) is 23.2 Å². The van der Waals surface area contributed by atoms with Gasteiger partial charge in [0.1, 0.15) is 5.01 Å². The van der Waals surface area contributed by atoms with Crippen molar-refractivity contribution in [3.63, 3.8) is 0 Å². The summed E-state index contributed by atoms with van der Waals surface area (Å²) in [6, 6.07) is 5.45. The third kappa shape index (κ3) is 3.28. The van der Waals surface area contributed by atoms with Crippen LogP contribution in [-0.2, 0) is 6.54 Å². The predicted molar refractivity (Wildman–Crippen MR) is 97.9 cm³/mol. The highest BCUT2D eigenvalue weighted by molar-refractivity contribution is 7.19. The molecule has 1 fully saturated rings. The minimum absolute atomic E-state index is 0.599. The summed E-state index contributed by atoms with van der Waals surface area (Å²) in [6.07, 6.45) is 5.15. The molecule has 1 aliphatic heterocycles. The molecule has 3 aromatic rings. The molecule has 126 valence electrons. The van der Waals surface area contributed by atoms with Crippen LogP contribution in [0.5, 0.6) is 0 Å². The van der Waals surface area contributed by atoms with Crippen molar-refractivity contribution in [1.29, 1.82) is 0 Å². The molecule has 24 heavy (non-hydrogen) atoms. The molecule has 0 unspecified atom stereocenters. The van der Waals surface area contributed by atoms with Crippen molar-refractivity contribution in [3.8, 4) is 10.6 Å². The largest absolute Gasteiger partial charge is 0.296 e. The van der Waals surface area contributed by atoms with Crippen molar-refractivity contribution < 1.29 is 0 Å². The Hall–Kier alpha value is -1.21. The van der Waals surface area contributed by atoms with Crippen molar-refractivity contribution in [1.82, 2.24) is 24.7 Å². The molecule has 5 nitrogen and oxygen atoms in total. The maximum absolute atomic E-state index is 6.30. The molecule has 0 saturated carbocycles. The first kappa shape index (κ1) is 16.3. The Kier molecular flexibility index (Phi) is 4.72. The molecule has 2 aromatic heterocycles. The number of likely N-dealkylation sites (tertiary alicyclic amines) is 1. The molecule has 0 atom stereocenters. The van der Waals surface area contributed by atoms with E-state index in [-0.39, 0.29) is 0 Å². The van der Waals surface area contributed by atoms with Crippen LogP contribution in [0.2, 0.25) is 10.0 Å². The van der Waals surface area contributed by atoms with Gasteiger partial charge in [0, 0.05) is 10.6 Å². The Morgan fingerprint density at radius 2 is 1.83 bits per heavy atom. The Bertz CT molecular complexity index is 851. The first-order valence-corrected chi connectivity index (χ1v) is 9.67. The molecule has 8 heteroatoms. The van der Waals surface area contributed by atoms with E-state index in [0.29, 0.717) is 10.0 Å². The molecule has 0 aliphatic carbocycles. The van der Waals surface area contributed by atoms with Crippen molar-refractivity contribution in [2.45, 2.75) is 32.2 Å².